The molecule has 1 aromatic heterocycles. The van der Waals surface area contributed by atoms with Gasteiger partial charge in [0.25, 0.3) is 0 Å². The molecule has 0 N–H and O–H groups in total. The largest absolute Gasteiger partial charge is 0.223 e. The van der Waals surface area contributed by atoms with Crippen molar-refractivity contribution in [3.05, 3.63) is 120 Å². The average Bonchev–Trinajstić information content (AvgIpc) is 3.20. The van der Waals surface area contributed by atoms with Crippen molar-refractivity contribution < 1.29 is 0 Å². The predicted octanol–water partition coefficient (Wildman–Crippen LogP) is 3.92. The van der Waals surface area contributed by atoms with Gasteiger partial charge in [-0.1, -0.05) is 91.0 Å². The van der Waals surface area contributed by atoms with Crippen molar-refractivity contribution in [1.82, 2.24) is 14.8 Å². The maximum Gasteiger partial charge on any atom is 0.197 e. The molecule has 0 aliphatic heterocycles. The third-order valence-corrected chi connectivity index (χ3v) is 4.27. The zero-order chi connectivity index (χ0) is 16.2. The van der Waals surface area contributed by atoms with E-state index in [9.17, 15) is 0 Å². The lowest BCUT2D eigenvalue weighted by Gasteiger charge is -2.35. The molecular weight excluding hydrogens is 294 g/mol. The van der Waals surface area contributed by atoms with E-state index in [1.165, 1.54) is 6.33 Å². The van der Waals surface area contributed by atoms with Crippen LogP contribution in [0, 0.1) is 6.33 Å². The molecule has 0 fully saturated rings. The highest BCUT2D eigenvalue weighted by Crippen LogP contribution is 2.39. The third-order valence-electron chi connectivity index (χ3n) is 4.27. The molecule has 0 aliphatic rings. The van der Waals surface area contributed by atoms with Gasteiger partial charge in [0.05, 0.1) is 0 Å². The van der Waals surface area contributed by atoms with Gasteiger partial charge in [0.2, 0.25) is 0 Å². The molecule has 1 heterocycles. The maximum absolute atomic E-state index is 4.47. The van der Waals surface area contributed by atoms with Crippen LogP contribution < -0.4 is 0 Å². The molecule has 0 bridgehead atoms. The van der Waals surface area contributed by atoms with Gasteiger partial charge >= 0.3 is 0 Å². The first kappa shape index (κ1) is 14.4. The van der Waals surface area contributed by atoms with E-state index >= 15 is 0 Å². The second-order valence-corrected chi connectivity index (χ2v) is 5.58. The van der Waals surface area contributed by atoms with Gasteiger partial charge in [-0.05, 0) is 16.7 Å². The zero-order valence-corrected chi connectivity index (χ0v) is 13.1. The number of benzene rings is 3. The average molecular weight is 310 g/mol. The topological polar surface area (TPSA) is 30.7 Å². The molecule has 0 amide bonds. The van der Waals surface area contributed by atoms with Crippen LogP contribution in [0.15, 0.2) is 97.3 Å². The van der Waals surface area contributed by atoms with Crippen LogP contribution in [0.1, 0.15) is 16.7 Å². The Morgan fingerprint density at radius 1 is 0.625 bits per heavy atom. The van der Waals surface area contributed by atoms with E-state index in [0.29, 0.717) is 0 Å². The maximum atomic E-state index is 4.47. The molecule has 1 radical (unpaired) electrons. The molecule has 4 aromatic rings. The molecule has 3 nitrogen and oxygen atoms in total. The molecule has 0 unspecified atom stereocenters. The van der Waals surface area contributed by atoms with Crippen LogP contribution in [0.2, 0.25) is 0 Å². The highest BCUT2D eigenvalue weighted by molar-refractivity contribution is 5.49. The Morgan fingerprint density at radius 3 is 1.38 bits per heavy atom. The first-order valence-electron chi connectivity index (χ1n) is 7.87. The number of hydrogen-bond donors (Lipinski definition) is 0. The number of aromatic nitrogens is 3. The van der Waals surface area contributed by atoms with Crippen molar-refractivity contribution in [3.8, 4) is 0 Å². The molecule has 3 heteroatoms. The van der Waals surface area contributed by atoms with E-state index in [1.807, 2.05) is 59.3 Å². The van der Waals surface area contributed by atoms with E-state index in [-0.39, 0.29) is 0 Å². The molecule has 24 heavy (non-hydrogen) atoms. The first-order valence-corrected chi connectivity index (χ1v) is 7.87. The van der Waals surface area contributed by atoms with Crippen LogP contribution in [-0.4, -0.2) is 14.8 Å². The normalized spacial score (nSPS) is 11.3. The molecule has 4 rings (SSSR count). The van der Waals surface area contributed by atoms with E-state index in [1.54, 1.807) is 0 Å². The molecule has 115 valence electrons. The van der Waals surface area contributed by atoms with Gasteiger partial charge in [-0.2, -0.15) is 5.10 Å². The van der Waals surface area contributed by atoms with Crippen molar-refractivity contribution in [1.29, 1.82) is 0 Å². The Morgan fingerprint density at radius 2 is 1.04 bits per heavy atom. The summed E-state index contributed by atoms with van der Waals surface area (Å²) in [7, 11) is 0. The molecular formula is C21H16N3. The summed E-state index contributed by atoms with van der Waals surface area (Å²) in [5, 5.41) is 4.47. The van der Waals surface area contributed by atoms with Gasteiger partial charge in [0, 0.05) is 0 Å². The standard InChI is InChI=1S/C21H16N3/c1-4-10-18(11-5-1)21(24-17-22-16-23-24,19-12-6-2-7-13-19)20-14-8-3-9-15-20/h1-16H. The van der Waals surface area contributed by atoms with Crippen molar-refractivity contribution in [2.24, 2.45) is 0 Å². The van der Waals surface area contributed by atoms with Crippen molar-refractivity contribution in [2.75, 3.05) is 0 Å². The summed E-state index contributed by atoms with van der Waals surface area (Å²) in [5.41, 5.74) is 2.73. The van der Waals surface area contributed by atoms with Crippen LogP contribution >= 0.6 is 0 Å². The zero-order valence-electron chi connectivity index (χ0n) is 13.1. The lowest BCUT2D eigenvalue weighted by Crippen LogP contribution is -2.38. The Bertz CT molecular complexity index is 789. The Balaban J connectivity index is 2.12. The fourth-order valence-electron chi connectivity index (χ4n) is 3.25. The van der Waals surface area contributed by atoms with Gasteiger partial charge in [0.15, 0.2) is 6.33 Å². The molecule has 0 spiro atoms. The molecule has 0 aliphatic carbocycles. The van der Waals surface area contributed by atoms with Gasteiger partial charge < -0.3 is 0 Å². The van der Waals surface area contributed by atoms with E-state index in [0.717, 1.165) is 16.7 Å². The van der Waals surface area contributed by atoms with Crippen LogP contribution in [0.4, 0.5) is 0 Å². The van der Waals surface area contributed by atoms with E-state index < -0.39 is 5.54 Å². The summed E-state index contributed by atoms with van der Waals surface area (Å²) < 4.78 is 1.81. The highest BCUT2D eigenvalue weighted by Gasteiger charge is 2.39. The Labute approximate surface area is 141 Å². The smallest absolute Gasteiger partial charge is 0.197 e. The van der Waals surface area contributed by atoms with Gasteiger partial charge in [-0.3, -0.25) is 0 Å². The van der Waals surface area contributed by atoms with Crippen LogP contribution in [0.5, 0.6) is 0 Å². The monoisotopic (exact) mass is 310 g/mol. The summed E-state index contributed by atoms with van der Waals surface area (Å²) in [6.45, 7) is 0. The summed E-state index contributed by atoms with van der Waals surface area (Å²) in [4.78, 5) is 4.09. The minimum atomic E-state index is -0.611. The van der Waals surface area contributed by atoms with Crippen LogP contribution in [0.25, 0.3) is 0 Å². The minimum Gasteiger partial charge on any atom is -0.223 e. The summed E-state index contributed by atoms with van der Waals surface area (Å²) >= 11 is 0. The van der Waals surface area contributed by atoms with Crippen molar-refractivity contribution >= 4 is 0 Å². The fourth-order valence-corrected chi connectivity index (χ4v) is 3.25. The quantitative estimate of drug-likeness (QED) is 0.535. The van der Waals surface area contributed by atoms with Crippen molar-refractivity contribution in [3.63, 3.8) is 0 Å². The summed E-state index contributed by atoms with van der Waals surface area (Å²) in [5.74, 6) is 0. The molecule has 3 aromatic carbocycles. The lowest BCUT2D eigenvalue weighted by atomic mass is 9.77. The number of hydrogen-bond acceptors (Lipinski definition) is 2. The summed E-state index contributed by atoms with van der Waals surface area (Å²) in [6, 6.07) is 31.1. The third kappa shape index (κ3) is 2.22. The molecule has 0 atom stereocenters. The minimum absolute atomic E-state index is 0.611. The molecule has 0 saturated heterocycles. The van der Waals surface area contributed by atoms with E-state index in [2.05, 4.69) is 52.8 Å². The Kier molecular flexibility index (Phi) is 3.67. The van der Waals surface area contributed by atoms with E-state index in [4.69, 9.17) is 0 Å². The fraction of sp³-hybridized carbons (Fsp3) is 0.0476. The Hall–Kier alpha value is -3.20. The van der Waals surface area contributed by atoms with Crippen LogP contribution in [-0.2, 0) is 5.54 Å². The van der Waals surface area contributed by atoms with Crippen LogP contribution in [0.3, 0.4) is 0 Å². The van der Waals surface area contributed by atoms with Gasteiger partial charge in [-0.15, -0.1) is 0 Å². The van der Waals surface area contributed by atoms with Gasteiger partial charge in [0.1, 0.15) is 11.9 Å². The SMILES string of the molecule is [c]1ncnn1C(c1ccccc1)(c1ccccc1)c1ccccc1. The second kappa shape index (κ2) is 6.13. The first-order chi connectivity index (χ1) is 11.9. The lowest BCUT2D eigenvalue weighted by molar-refractivity contribution is 0.455. The summed E-state index contributed by atoms with van der Waals surface area (Å²) in [6.07, 6.45) is 4.56. The highest BCUT2D eigenvalue weighted by atomic mass is 15.4. The number of nitrogens with zero attached hydrogens (tertiary/aromatic N) is 3. The van der Waals surface area contributed by atoms with Crippen molar-refractivity contribution in [2.45, 2.75) is 5.54 Å². The molecule has 0 saturated carbocycles. The predicted molar refractivity (Wildman–Crippen MR) is 93.5 cm³/mol. The second-order valence-electron chi connectivity index (χ2n) is 5.58. The van der Waals surface area contributed by atoms with Gasteiger partial charge in [-0.25, -0.2) is 9.67 Å². The number of rotatable bonds is 4.